The monoisotopic (exact) mass is 457 g/mol. The van der Waals surface area contributed by atoms with E-state index in [0.29, 0.717) is 40.0 Å². The van der Waals surface area contributed by atoms with Gasteiger partial charge in [0.05, 0.1) is 17.6 Å². The van der Waals surface area contributed by atoms with E-state index in [4.69, 9.17) is 17.3 Å². The Morgan fingerprint density at radius 1 is 1.40 bits per heavy atom. The van der Waals surface area contributed by atoms with E-state index in [-0.39, 0.29) is 5.78 Å². The van der Waals surface area contributed by atoms with Crippen LogP contribution >= 0.6 is 34.7 Å². The molecule has 4 rings (SSSR count). The van der Waals surface area contributed by atoms with E-state index >= 15 is 0 Å². The van der Waals surface area contributed by atoms with Crippen LogP contribution in [0.4, 0.5) is 5.13 Å². The van der Waals surface area contributed by atoms with E-state index in [0.717, 1.165) is 34.2 Å². The van der Waals surface area contributed by atoms with Crippen LogP contribution in [-0.2, 0) is 4.79 Å². The van der Waals surface area contributed by atoms with Crippen LogP contribution in [0.2, 0.25) is 5.02 Å². The van der Waals surface area contributed by atoms with Gasteiger partial charge in [-0.15, -0.1) is 10.2 Å². The topological polar surface area (TPSA) is 95.9 Å². The average Bonchev–Trinajstić information content (AvgIpc) is 3.20. The molecule has 154 valence electrons. The Bertz CT molecular complexity index is 1100. The summed E-state index contributed by atoms with van der Waals surface area (Å²) in [5, 5.41) is 19.7. The Labute approximate surface area is 188 Å². The van der Waals surface area contributed by atoms with Crippen molar-refractivity contribution < 1.29 is 4.79 Å². The van der Waals surface area contributed by atoms with Gasteiger partial charge in [0.2, 0.25) is 5.13 Å². The fraction of sp³-hybridized carbons (Fsp3) is 0.333. The van der Waals surface area contributed by atoms with Crippen LogP contribution in [-0.4, -0.2) is 21.7 Å². The molecule has 0 saturated heterocycles. The molecule has 1 aromatic heterocycles. The third-order valence-electron chi connectivity index (χ3n) is 5.11. The zero-order valence-electron chi connectivity index (χ0n) is 16.4. The van der Waals surface area contributed by atoms with E-state index in [1.165, 1.54) is 11.3 Å². The highest BCUT2D eigenvalue weighted by molar-refractivity contribution is 8.01. The zero-order valence-corrected chi connectivity index (χ0v) is 18.8. The first-order chi connectivity index (χ1) is 14.5. The molecule has 2 N–H and O–H groups in total. The predicted molar refractivity (Wildman–Crippen MR) is 120 cm³/mol. The van der Waals surface area contributed by atoms with Crippen LogP contribution < -0.4 is 10.6 Å². The van der Waals surface area contributed by atoms with Crippen molar-refractivity contribution in [3.63, 3.8) is 0 Å². The SMILES string of the molecule is CCCSc1nnc(N2C(N)=C(C#N)C(c3cccc(Cl)c3)C3=C2CCCC3=O)s1. The summed E-state index contributed by atoms with van der Waals surface area (Å²) in [6.07, 6.45) is 2.92. The lowest BCUT2D eigenvalue weighted by Crippen LogP contribution is -2.38. The van der Waals surface area contributed by atoms with Crippen molar-refractivity contribution in [1.29, 1.82) is 5.26 Å². The van der Waals surface area contributed by atoms with Crippen LogP contribution in [0.3, 0.4) is 0 Å². The maximum absolute atomic E-state index is 13.1. The van der Waals surface area contributed by atoms with Crippen molar-refractivity contribution >= 4 is 45.6 Å². The molecular weight excluding hydrogens is 438 g/mol. The van der Waals surface area contributed by atoms with E-state index in [9.17, 15) is 10.1 Å². The molecule has 6 nitrogen and oxygen atoms in total. The number of benzene rings is 1. The maximum Gasteiger partial charge on any atom is 0.219 e. The zero-order chi connectivity index (χ0) is 21.3. The standard InChI is InChI=1S/C21H20ClN5OS2/c1-2-9-29-21-26-25-20(30-21)27-15-7-4-8-16(28)18(15)17(14(11-23)19(27)24)12-5-3-6-13(22)10-12/h3,5-6,10,17H,2,4,7-9,24H2,1H3. The molecule has 0 radical (unpaired) electrons. The third-order valence-corrected chi connectivity index (χ3v) is 7.59. The van der Waals surface area contributed by atoms with Crippen LogP contribution in [0.5, 0.6) is 0 Å². The minimum absolute atomic E-state index is 0.0385. The van der Waals surface area contributed by atoms with Crippen LogP contribution in [0, 0.1) is 11.3 Å². The summed E-state index contributed by atoms with van der Waals surface area (Å²) >= 11 is 9.28. The second-order valence-electron chi connectivity index (χ2n) is 7.07. The van der Waals surface area contributed by atoms with Gasteiger partial charge in [0.15, 0.2) is 10.1 Å². The van der Waals surface area contributed by atoms with Crippen LogP contribution in [0.15, 0.2) is 51.3 Å². The molecule has 2 aromatic rings. The lowest BCUT2D eigenvalue weighted by atomic mass is 9.76. The summed E-state index contributed by atoms with van der Waals surface area (Å²) in [5.41, 5.74) is 9.09. The number of rotatable bonds is 5. The number of nitrogens with two attached hydrogens (primary N) is 1. The van der Waals surface area contributed by atoms with Crippen molar-refractivity contribution in [3.05, 3.63) is 57.5 Å². The number of nitriles is 1. The highest BCUT2D eigenvalue weighted by Crippen LogP contribution is 2.47. The molecule has 1 aliphatic carbocycles. The maximum atomic E-state index is 13.1. The van der Waals surface area contributed by atoms with Gasteiger partial charge >= 0.3 is 0 Å². The number of halogens is 1. The molecule has 0 spiro atoms. The largest absolute Gasteiger partial charge is 0.384 e. The van der Waals surface area contributed by atoms with Gasteiger partial charge < -0.3 is 5.73 Å². The van der Waals surface area contributed by atoms with Gasteiger partial charge in [0, 0.05) is 28.5 Å². The number of nitrogens with zero attached hydrogens (tertiary/aromatic N) is 4. The normalized spacial score (nSPS) is 19.2. The first kappa shape index (κ1) is 20.9. The second-order valence-corrected chi connectivity index (χ2v) is 9.80. The quantitative estimate of drug-likeness (QED) is 0.631. The Hall–Kier alpha value is -2.34. The number of ketones is 1. The highest BCUT2D eigenvalue weighted by Gasteiger charge is 2.41. The molecule has 0 amide bonds. The number of hydrogen-bond acceptors (Lipinski definition) is 8. The number of aromatic nitrogens is 2. The first-order valence-corrected chi connectivity index (χ1v) is 11.9. The molecule has 0 bridgehead atoms. The summed E-state index contributed by atoms with van der Waals surface area (Å²) in [4.78, 5) is 14.8. The lowest BCUT2D eigenvalue weighted by molar-refractivity contribution is -0.116. The van der Waals surface area contributed by atoms with Gasteiger partial charge in [-0.2, -0.15) is 5.26 Å². The first-order valence-electron chi connectivity index (χ1n) is 9.73. The smallest absolute Gasteiger partial charge is 0.219 e. The Kier molecular flexibility index (Phi) is 6.14. The van der Waals surface area contributed by atoms with E-state index in [1.807, 2.05) is 12.1 Å². The van der Waals surface area contributed by atoms with Crippen molar-refractivity contribution in [2.75, 3.05) is 10.7 Å². The molecule has 2 heterocycles. The highest BCUT2D eigenvalue weighted by atomic mass is 35.5. The number of carbonyl (C=O) groups excluding carboxylic acids is 1. The van der Waals surface area contributed by atoms with Gasteiger partial charge in [0.25, 0.3) is 0 Å². The van der Waals surface area contributed by atoms with Gasteiger partial charge in [-0.25, -0.2) is 0 Å². The second kappa shape index (κ2) is 8.80. The van der Waals surface area contributed by atoms with E-state index < -0.39 is 5.92 Å². The minimum Gasteiger partial charge on any atom is -0.384 e. The Balaban J connectivity index is 1.87. The number of Topliss-reactive ketones (excluding diaryl/α,β-unsaturated/α-hetero) is 1. The predicted octanol–water partition coefficient (Wildman–Crippen LogP) is 5.00. The Morgan fingerprint density at radius 3 is 2.97 bits per heavy atom. The van der Waals surface area contributed by atoms with Crippen LogP contribution in [0.1, 0.15) is 44.1 Å². The molecule has 2 aliphatic rings. The number of anilines is 1. The van der Waals surface area contributed by atoms with Gasteiger partial charge in [0.1, 0.15) is 5.82 Å². The molecule has 1 unspecified atom stereocenters. The number of thioether (sulfide) groups is 1. The van der Waals surface area contributed by atoms with Gasteiger partial charge in [-0.3, -0.25) is 9.69 Å². The number of carbonyl (C=O) groups is 1. The molecule has 9 heteroatoms. The number of hydrogen-bond donors (Lipinski definition) is 1. The minimum atomic E-state index is -0.519. The summed E-state index contributed by atoms with van der Waals surface area (Å²) in [7, 11) is 0. The lowest BCUT2D eigenvalue weighted by Gasteiger charge is -2.38. The third kappa shape index (κ3) is 3.73. The van der Waals surface area contributed by atoms with Crippen LogP contribution in [0.25, 0.3) is 0 Å². The van der Waals surface area contributed by atoms with Crippen molar-refractivity contribution in [2.45, 2.75) is 42.9 Å². The molecule has 1 atom stereocenters. The van der Waals surface area contributed by atoms with Crippen molar-refractivity contribution in [2.24, 2.45) is 5.73 Å². The molecular formula is C21H20ClN5OS2. The summed E-state index contributed by atoms with van der Waals surface area (Å²) in [6.45, 7) is 2.11. The molecule has 30 heavy (non-hydrogen) atoms. The van der Waals surface area contributed by atoms with Crippen molar-refractivity contribution in [3.8, 4) is 6.07 Å². The fourth-order valence-electron chi connectivity index (χ4n) is 3.86. The summed E-state index contributed by atoms with van der Waals surface area (Å²) < 4.78 is 0.847. The van der Waals surface area contributed by atoms with Crippen molar-refractivity contribution in [1.82, 2.24) is 10.2 Å². The molecule has 0 saturated carbocycles. The summed E-state index contributed by atoms with van der Waals surface area (Å²) in [5.74, 6) is 0.775. The fourth-order valence-corrected chi connectivity index (χ4v) is 5.87. The molecule has 1 aliphatic heterocycles. The summed E-state index contributed by atoms with van der Waals surface area (Å²) in [6, 6.07) is 9.52. The van der Waals surface area contributed by atoms with E-state index in [2.05, 4.69) is 23.2 Å². The molecule has 0 fully saturated rings. The van der Waals surface area contributed by atoms with Gasteiger partial charge in [-0.05, 0) is 37.0 Å². The van der Waals surface area contributed by atoms with Gasteiger partial charge in [-0.1, -0.05) is 53.8 Å². The molecule has 1 aromatic carbocycles. The number of allylic oxidation sites excluding steroid dienone is 3. The Morgan fingerprint density at radius 2 is 2.23 bits per heavy atom. The van der Waals surface area contributed by atoms with E-state index in [1.54, 1.807) is 28.8 Å². The average molecular weight is 458 g/mol.